The number of para-hydroxylation sites is 2. The number of hydrogen-bond donors (Lipinski definition) is 2. The second-order valence-electron chi connectivity index (χ2n) is 7.33. The Morgan fingerprint density at radius 2 is 1.96 bits per heavy atom. The molecule has 0 saturated heterocycles. The third-order valence-corrected chi connectivity index (χ3v) is 4.90. The summed E-state index contributed by atoms with van der Waals surface area (Å²) in [6, 6.07) is 14.0. The van der Waals surface area contributed by atoms with Crippen molar-refractivity contribution in [1.82, 2.24) is 10.3 Å². The monoisotopic (exact) mass is 364 g/mol. The van der Waals surface area contributed by atoms with Crippen molar-refractivity contribution >= 4 is 16.8 Å². The van der Waals surface area contributed by atoms with E-state index in [1.54, 1.807) is 0 Å². The predicted octanol–water partition coefficient (Wildman–Crippen LogP) is 4.19. The normalized spacial score (nSPS) is 13.9. The lowest BCUT2D eigenvalue weighted by molar-refractivity contribution is -0.121. The minimum absolute atomic E-state index is 0.0375. The molecule has 5 nitrogen and oxygen atoms in total. The Kier molecular flexibility index (Phi) is 4.75. The van der Waals surface area contributed by atoms with Crippen LogP contribution in [-0.4, -0.2) is 24.2 Å². The highest BCUT2D eigenvalue weighted by Gasteiger charge is 2.28. The van der Waals surface area contributed by atoms with E-state index in [1.165, 1.54) is 0 Å². The minimum Gasteiger partial charge on any atom is -0.454 e. The van der Waals surface area contributed by atoms with Crippen molar-refractivity contribution in [2.45, 2.75) is 26.2 Å². The van der Waals surface area contributed by atoms with E-state index in [1.807, 2.05) is 42.6 Å². The van der Waals surface area contributed by atoms with Gasteiger partial charge in [-0.2, -0.15) is 0 Å². The summed E-state index contributed by atoms with van der Waals surface area (Å²) in [5, 5.41) is 4.16. The van der Waals surface area contributed by atoms with Crippen molar-refractivity contribution in [1.29, 1.82) is 0 Å². The molecule has 0 radical (unpaired) electrons. The molecule has 3 aromatic rings. The summed E-state index contributed by atoms with van der Waals surface area (Å²) in [6.07, 6.45) is 2.36. The van der Waals surface area contributed by atoms with Gasteiger partial charge in [-0.05, 0) is 23.6 Å². The van der Waals surface area contributed by atoms with E-state index in [2.05, 4.69) is 30.2 Å². The first-order chi connectivity index (χ1) is 13.1. The average molecular weight is 364 g/mol. The highest BCUT2D eigenvalue weighted by atomic mass is 16.7. The van der Waals surface area contributed by atoms with Crippen LogP contribution in [0.5, 0.6) is 11.5 Å². The molecule has 2 aromatic carbocycles. The molecule has 140 valence electrons. The topological polar surface area (TPSA) is 63.4 Å². The fraction of sp³-hybridized carbons (Fsp3) is 0.318. The molecule has 2 heterocycles. The average Bonchev–Trinajstić information content (AvgIpc) is 3.31. The van der Waals surface area contributed by atoms with Crippen molar-refractivity contribution in [3.8, 4) is 11.5 Å². The minimum atomic E-state index is -0.120. The summed E-state index contributed by atoms with van der Waals surface area (Å²) < 4.78 is 11.3. The molecule has 27 heavy (non-hydrogen) atoms. The quantitative estimate of drug-likeness (QED) is 0.689. The number of amides is 1. The molecule has 2 N–H and O–H groups in total. The Balaban J connectivity index is 1.74. The van der Waals surface area contributed by atoms with E-state index >= 15 is 0 Å². The Bertz CT molecular complexity index is 961. The number of benzene rings is 2. The lowest BCUT2D eigenvalue weighted by atomic mass is 9.87. The van der Waals surface area contributed by atoms with Crippen LogP contribution in [0.3, 0.4) is 0 Å². The molecule has 1 amide bonds. The van der Waals surface area contributed by atoms with E-state index in [9.17, 15) is 4.79 Å². The van der Waals surface area contributed by atoms with Gasteiger partial charge in [-0.1, -0.05) is 44.2 Å². The Hall–Kier alpha value is -2.95. The van der Waals surface area contributed by atoms with Crippen LogP contribution in [0.25, 0.3) is 10.9 Å². The zero-order valence-electron chi connectivity index (χ0n) is 15.6. The van der Waals surface area contributed by atoms with E-state index in [4.69, 9.17) is 9.47 Å². The number of carbonyl (C=O) groups excluding carboxylic acids is 1. The third-order valence-electron chi connectivity index (χ3n) is 4.90. The fourth-order valence-corrected chi connectivity index (χ4v) is 3.57. The highest BCUT2D eigenvalue weighted by Crippen LogP contribution is 2.43. The van der Waals surface area contributed by atoms with Crippen LogP contribution >= 0.6 is 0 Å². The SMILES string of the molecule is CC(C)CNC(=O)C[C@H](c1cccc2c1OCO2)c1c[nH]c2ccccc12. The molecule has 4 rings (SSSR count). The van der Waals surface area contributed by atoms with E-state index in [-0.39, 0.29) is 18.6 Å². The number of aromatic amines is 1. The van der Waals surface area contributed by atoms with Gasteiger partial charge in [-0.25, -0.2) is 0 Å². The molecule has 0 saturated carbocycles. The van der Waals surface area contributed by atoms with E-state index in [0.29, 0.717) is 18.9 Å². The zero-order valence-corrected chi connectivity index (χ0v) is 15.6. The van der Waals surface area contributed by atoms with E-state index in [0.717, 1.165) is 33.5 Å². The van der Waals surface area contributed by atoms with Crippen LogP contribution in [0.2, 0.25) is 0 Å². The van der Waals surface area contributed by atoms with Gasteiger partial charge in [-0.3, -0.25) is 4.79 Å². The number of ether oxygens (including phenoxy) is 2. The maximum absolute atomic E-state index is 12.7. The lowest BCUT2D eigenvalue weighted by Gasteiger charge is -2.19. The third kappa shape index (κ3) is 3.50. The van der Waals surface area contributed by atoms with Crippen molar-refractivity contribution in [3.63, 3.8) is 0 Å². The second kappa shape index (κ2) is 7.35. The lowest BCUT2D eigenvalue weighted by Crippen LogP contribution is -2.28. The molecule has 1 aromatic heterocycles. The Morgan fingerprint density at radius 3 is 2.81 bits per heavy atom. The molecule has 0 spiro atoms. The zero-order chi connectivity index (χ0) is 18.8. The van der Waals surface area contributed by atoms with Gasteiger partial charge in [0.25, 0.3) is 0 Å². The maximum atomic E-state index is 12.7. The number of carbonyl (C=O) groups is 1. The summed E-state index contributed by atoms with van der Waals surface area (Å²) in [5.74, 6) is 1.81. The maximum Gasteiger partial charge on any atom is 0.231 e. The highest BCUT2D eigenvalue weighted by molar-refractivity contribution is 5.86. The predicted molar refractivity (Wildman–Crippen MR) is 105 cm³/mol. The number of nitrogens with one attached hydrogen (secondary N) is 2. The van der Waals surface area contributed by atoms with Gasteiger partial charge >= 0.3 is 0 Å². The number of fused-ring (bicyclic) bond motifs is 2. The van der Waals surface area contributed by atoms with Crippen LogP contribution in [0, 0.1) is 5.92 Å². The van der Waals surface area contributed by atoms with Gasteiger partial charge < -0.3 is 19.8 Å². The number of rotatable bonds is 6. The van der Waals surface area contributed by atoms with Gasteiger partial charge in [0.2, 0.25) is 12.7 Å². The molecule has 1 atom stereocenters. The fourth-order valence-electron chi connectivity index (χ4n) is 3.57. The van der Waals surface area contributed by atoms with Gasteiger partial charge in [0.15, 0.2) is 11.5 Å². The van der Waals surface area contributed by atoms with Crippen LogP contribution in [0.15, 0.2) is 48.7 Å². The Morgan fingerprint density at radius 1 is 1.11 bits per heavy atom. The van der Waals surface area contributed by atoms with Gasteiger partial charge in [0.1, 0.15) is 0 Å². The van der Waals surface area contributed by atoms with Crippen molar-refractivity contribution < 1.29 is 14.3 Å². The summed E-state index contributed by atoms with van der Waals surface area (Å²) >= 11 is 0. The van der Waals surface area contributed by atoms with Crippen LogP contribution in [0.4, 0.5) is 0 Å². The molecular weight excluding hydrogens is 340 g/mol. The molecule has 0 unspecified atom stereocenters. The first-order valence-electron chi connectivity index (χ1n) is 9.34. The molecule has 0 fully saturated rings. The summed E-state index contributed by atoms with van der Waals surface area (Å²) in [5.41, 5.74) is 3.13. The van der Waals surface area contributed by atoms with Crippen molar-refractivity contribution in [2.24, 2.45) is 5.92 Å². The smallest absolute Gasteiger partial charge is 0.231 e. The van der Waals surface area contributed by atoms with Crippen LogP contribution in [-0.2, 0) is 4.79 Å². The molecule has 0 aliphatic carbocycles. The Labute approximate surface area is 158 Å². The first kappa shape index (κ1) is 17.5. The molecule has 0 bridgehead atoms. The van der Waals surface area contributed by atoms with Crippen LogP contribution in [0.1, 0.15) is 37.3 Å². The summed E-state index contributed by atoms with van der Waals surface area (Å²) in [7, 11) is 0. The van der Waals surface area contributed by atoms with Gasteiger partial charge in [0.05, 0.1) is 0 Å². The number of aromatic nitrogens is 1. The first-order valence-corrected chi connectivity index (χ1v) is 9.34. The summed E-state index contributed by atoms with van der Waals surface area (Å²) in [6.45, 7) is 5.07. The van der Waals surface area contributed by atoms with Gasteiger partial charge in [-0.15, -0.1) is 0 Å². The number of hydrogen-bond acceptors (Lipinski definition) is 3. The number of H-pyrrole nitrogens is 1. The second-order valence-corrected chi connectivity index (χ2v) is 7.33. The standard InChI is InChI=1S/C22H24N2O3/c1-14(2)11-24-21(25)10-17(16-7-5-9-20-22(16)27-13-26-20)18-12-23-19-8-4-3-6-15(18)19/h3-9,12,14,17,23H,10-11,13H2,1-2H3,(H,24,25)/t17-/m1/s1. The summed E-state index contributed by atoms with van der Waals surface area (Å²) in [4.78, 5) is 16.0. The van der Waals surface area contributed by atoms with Crippen LogP contribution < -0.4 is 14.8 Å². The molecule has 5 heteroatoms. The van der Waals surface area contributed by atoms with Crippen molar-refractivity contribution in [2.75, 3.05) is 13.3 Å². The largest absolute Gasteiger partial charge is 0.454 e. The molecule has 1 aliphatic heterocycles. The van der Waals surface area contributed by atoms with Gasteiger partial charge in [0, 0.05) is 41.5 Å². The van der Waals surface area contributed by atoms with Crippen molar-refractivity contribution in [3.05, 3.63) is 59.8 Å². The van der Waals surface area contributed by atoms with E-state index < -0.39 is 0 Å². The molecule has 1 aliphatic rings. The molecular formula is C22H24N2O3.